The fourth-order valence-corrected chi connectivity index (χ4v) is 3.82. The second kappa shape index (κ2) is 11.7. The molecule has 174 valence electrons. The summed E-state index contributed by atoms with van der Waals surface area (Å²) in [6.07, 6.45) is 1.39. The number of nitrogens with one attached hydrogen (secondary N) is 1. The third-order valence-corrected chi connectivity index (χ3v) is 5.50. The van der Waals surface area contributed by atoms with Gasteiger partial charge in [0.1, 0.15) is 12.1 Å². The summed E-state index contributed by atoms with van der Waals surface area (Å²) in [6.45, 7) is 6.10. The van der Waals surface area contributed by atoms with Crippen LogP contribution in [0.15, 0.2) is 65.3 Å². The highest BCUT2D eigenvalue weighted by atomic mass is 19.1. The van der Waals surface area contributed by atoms with Crippen LogP contribution in [0.2, 0.25) is 0 Å². The molecule has 0 radical (unpaired) electrons. The molecule has 0 atom stereocenters. The number of ether oxygens (including phenoxy) is 1. The molecule has 1 N–H and O–H groups in total. The average Bonchev–Trinajstić information content (AvgIpc) is 3.29. The maximum absolute atomic E-state index is 13.7. The maximum atomic E-state index is 13.7. The Labute approximate surface area is 193 Å². The Kier molecular flexibility index (Phi) is 8.19. The molecule has 1 aromatic heterocycles. The van der Waals surface area contributed by atoms with E-state index in [-0.39, 0.29) is 17.4 Å². The molecule has 3 aromatic rings. The number of rotatable bonds is 10. The molecule has 0 unspecified atom stereocenters. The van der Waals surface area contributed by atoms with Crippen LogP contribution in [0, 0.1) is 5.82 Å². The summed E-state index contributed by atoms with van der Waals surface area (Å²) >= 11 is 0. The van der Waals surface area contributed by atoms with Crippen LogP contribution < -0.4 is 5.32 Å². The summed E-state index contributed by atoms with van der Waals surface area (Å²) in [4.78, 5) is 21.2. The topological polar surface area (TPSA) is 70.8 Å². The van der Waals surface area contributed by atoms with Crippen molar-refractivity contribution in [2.24, 2.45) is 0 Å². The number of morpholine rings is 1. The van der Waals surface area contributed by atoms with Gasteiger partial charge in [0.2, 0.25) is 5.89 Å². The van der Waals surface area contributed by atoms with Gasteiger partial charge >= 0.3 is 0 Å². The lowest BCUT2D eigenvalue weighted by molar-refractivity contribution is 0.0383. The Hall–Kier alpha value is -3.07. The highest BCUT2D eigenvalue weighted by Gasteiger charge is 2.17. The number of carbonyl (C=O) groups excluding carboxylic acids is 1. The smallest absolute Gasteiger partial charge is 0.273 e. The molecule has 0 bridgehead atoms. The van der Waals surface area contributed by atoms with Gasteiger partial charge in [0, 0.05) is 39.3 Å². The number of aromatic nitrogens is 1. The van der Waals surface area contributed by atoms with Crippen molar-refractivity contribution < 1.29 is 18.3 Å². The lowest BCUT2D eigenvalue weighted by Gasteiger charge is -2.26. The molecule has 2 heterocycles. The zero-order chi connectivity index (χ0) is 22.9. The van der Waals surface area contributed by atoms with Crippen molar-refractivity contribution in [2.45, 2.75) is 19.6 Å². The number of nitrogens with zero attached hydrogens (tertiary/aromatic N) is 3. The average molecular weight is 453 g/mol. The molecule has 1 amide bonds. The molecule has 1 aliphatic heterocycles. The van der Waals surface area contributed by atoms with E-state index >= 15 is 0 Å². The Morgan fingerprint density at radius 1 is 1.03 bits per heavy atom. The van der Waals surface area contributed by atoms with Crippen molar-refractivity contribution in [3.05, 3.63) is 89.4 Å². The molecule has 0 saturated carbocycles. The predicted octanol–water partition coefficient (Wildman–Crippen LogP) is 3.08. The van der Waals surface area contributed by atoms with E-state index in [1.165, 1.54) is 18.4 Å². The normalized spacial score (nSPS) is 14.5. The third-order valence-electron chi connectivity index (χ3n) is 5.50. The van der Waals surface area contributed by atoms with Gasteiger partial charge in [-0.2, -0.15) is 0 Å². The fourth-order valence-electron chi connectivity index (χ4n) is 3.82. The minimum Gasteiger partial charge on any atom is -0.447 e. The molecular formula is C25H29FN4O3. The Bertz CT molecular complexity index is 1020. The maximum Gasteiger partial charge on any atom is 0.273 e. The molecule has 8 heteroatoms. The van der Waals surface area contributed by atoms with E-state index in [1.54, 1.807) is 6.07 Å². The van der Waals surface area contributed by atoms with E-state index in [2.05, 4.69) is 20.1 Å². The first-order valence-corrected chi connectivity index (χ1v) is 11.2. The zero-order valence-electron chi connectivity index (χ0n) is 18.6. The summed E-state index contributed by atoms with van der Waals surface area (Å²) < 4.78 is 24.6. The number of hydrogen-bond donors (Lipinski definition) is 1. The van der Waals surface area contributed by atoms with Gasteiger partial charge in [-0.15, -0.1) is 0 Å². The third kappa shape index (κ3) is 7.21. The minimum absolute atomic E-state index is 0.252. The van der Waals surface area contributed by atoms with Crippen LogP contribution in [-0.2, 0) is 24.4 Å². The van der Waals surface area contributed by atoms with Crippen LogP contribution in [0.4, 0.5) is 4.39 Å². The summed E-state index contributed by atoms with van der Waals surface area (Å²) in [7, 11) is 0. The Balaban J connectivity index is 1.36. The van der Waals surface area contributed by atoms with Crippen LogP contribution in [0.3, 0.4) is 0 Å². The van der Waals surface area contributed by atoms with Crippen molar-refractivity contribution in [3.8, 4) is 0 Å². The van der Waals surface area contributed by atoms with Crippen LogP contribution in [0.1, 0.15) is 27.5 Å². The molecule has 33 heavy (non-hydrogen) atoms. The van der Waals surface area contributed by atoms with Crippen LogP contribution in [-0.4, -0.2) is 60.1 Å². The molecule has 1 aliphatic rings. The molecule has 7 nitrogen and oxygen atoms in total. The highest BCUT2D eigenvalue weighted by Crippen LogP contribution is 2.15. The van der Waals surface area contributed by atoms with Gasteiger partial charge < -0.3 is 14.5 Å². The largest absolute Gasteiger partial charge is 0.447 e. The van der Waals surface area contributed by atoms with Gasteiger partial charge in [0.25, 0.3) is 5.91 Å². The number of carbonyl (C=O) groups is 1. The number of hydrogen-bond acceptors (Lipinski definition) is 6. The molecular weight excluding hydrogens is 423 g/mol. The van der Waals surface area contributed by atoms with Gasteiger partial charge in [-0.25, -0.2) is 9.37 Å². The van der Waals surface area contributed by atoms with Crippen molar-refractivity contribution in [1.29, 1.82) is 0 Å². The van der Waals surface area contributed by atoms with E-state index in [0.717, 1.165) is 44.0 Å². The summed E-state index contributed by atoms with van der Waals surface area (Å²) in [5, 5.41) is 2.90. The first-order chi connectivity index (χ1) is 16.2. The van der Waals surface area contributed by atoms with Crippen LogP contribution >= 0.6 is 0 Å². The van der Waals surface area contributed by atoms with Gasteiger partial charge in [0.05, 0.1) is 19.8 Å². The summed E-state index contributed by atoms with van der Waals surface area (Å²) in [6, 6.07) is 16.6. The van der Waals surface area contributed by atoms with E-state index in [9.17, 15) is 9.18 Å². The molecule has 2 aromatic carbocycles. The molecule has 1 saturated heterocycles. The minimum atomic E-state index is -0.265. The summed E-state index contributed by atoms with van der Waals surface area (Å²) in [5.74, 6) is -0.0713. The first-order valence-electron chi connectivity index (χ1n) is 11.2. The molecule has 1 fully saturated rings. The standard InChI is InChI=1S/C25H29FN4O3/c26-22-8-4-7-21(15-22)17-30(16-20-5-2-1-3-6-20)18-24-28-23(19-33-24)25(31)27-9-10-29-11-13-32-14-12-29/h1-8,15,19H,9-14,16-18H2,(H,27,31). The zero-order valence-corrected chi connectivity index (χ0v) is 18.6. The van der Waals surface area contributed by atoms with E-state index in [0.29, 0.717) is 32.1 Å². The van der Waals surface area contributed by atoms with Crippen molar-refractivity contribution in [1.82, 2.24) is 20.1 Å². The Morgan fingerprint density at radius 3 is 2.58 bits per heavy atom. The van der Waals surface area contributed by atoms with Crippen molar-refractivity contribution in [2.75, 3.05) is 39.4 Å². The van der Waals surface area contributed by atoms with Crippen LogP contribution in [0.25, 0.3) is 0 Å². The lowest BCUT2D eigenvalue weighted by Crippen LogP contribution is -2.41. The van der Waals surface area contributed by atoms with Crippen molar-refractivity contribution >= 4 is 5.91 Å². The van der Waals surface area contributed by atoms with E-state index in [4.69, 9.17) is 9.15 Å². The second-order valence-corrected chi connectivity index (χ2v) is 8.10. The van der Waals surface area contributed by atoms with Gasteiger partial charge in [-0.3, -0.25) is 14.6 Å². The van der Waals surface area contributed by atoms with E-state index in [1.807, 2.05) is 36.4 Å². The quantitative estimate of drug-likeness (QED) is 0.510. The second-order valence-electron chi connectivity index (χ2n) is 8.10. The number of benzene rings is 2. The predicted molar refractivity (Wildman–Crippen MR) is 122 cm³/mol. The highest BCUT2D eigenvalue weighted by molar-refractivity contribution is 5.91. The Morgan fingerprint density at radius 2 is 1.79 bits per heavy atom. The van der Waals surface area contributed by atoms with Crippen LogP contribution in [0.5, 0.6) is 0 Å². The summed E-state index contributed by atoms with van der Waals surface area (Å²) in [5.41, 5.74) is 2.25. The number of amides is 1. The van der Waals surface area contributed by atoms with Gasteiger partial charge in [-0.1, -0.05) is 42.5 Å². The molecule has 0 aliphatic carbocycles. The molecule has 0 spiro atoms. The number of oxazole rings is 1. The number of halogens is 1. The monoisotopic (exact) mass is 452 g/mol. The molecule has 4 rings (SSSR count). The van der Waals surface area contributed by atoms with Crippen molar-refractivity contribution in [3.63, 3.8) is 0 Å². The van der Waals surface area contributed by atoms with E-state index < -0.39 is 0 Å². The fraction of sp³-hybridized carbons (Fsp3) is 0.360. The lowest BCUT2D eigenvalue weighted by atomic mass is 10.1. The SMILES string of the molecule is O=C(NCCN1CCOCC1)c1coc(CN(Cc2ccccc2)Cc2cccc(F)c2)n1. The van der Waals surface area contributed by atoms with Gasteiger partial charge in [0.15, 0.2) is 5.69 Å². The first kappa shape index (κ1) is 23.1. The van der Waals surface area contributed by atoms with Gasteiger partial charge in [-0.05, 0) is 23.3 Å².